The van der Waals surface area contributed by atoms with E-state index in [4.69, 9.17) is 0 Å². The molecule has 0 aliphatic heterocycles. The molecule has 8 heteroatoms. The molecule has 46 heavy (non-hydrogen) atoms. The Morgan fingerprint density at radius 3 is 0.891 bits per heavy atom. The van der Waals surface area contributed by atoms with E-state index in [1.54, 1.807) is 0 Å². The topological polar surface area (TPSA) is 0 Å². The van der Waals surface area contributed by atoms with Crippen LogP contribution in [0.4, 0.5) is 0 Å². The van der Waals surface area contributed by atoms with Crippen LogP contribution in [0.15, 0.2) is 72.8 Å². The van der Waals surface area contributed by atoms with Gasteiger partial charge >= 0.3 is 0 Å². The summed E-state index contributed by atoms with van der Waals surface area (Å²) < 4.78 is 0. The molecule has 0 saturated carbocycles. The van der Waals surface area contributed by atoms with Crippen molar-refractivity contribution in [3.63, 3.8) is 0 Å². The van der Waals surface area contributed by atoms with Gasteiger partial charge in [-0.25, -0.2) is 0 Å². The van der Waals surface area contributed by atoms with E-state index in [0.717, 1.165) is 0 Å². The number of rotatable bonds is 7. The average molecular weight is 743 g/mol. The van der Waals surface area contributed by atoms with Gasteiger partial charge in [-0.15, -0.1) is 90.7 Å². The van der Waals surface area contributed by atoms with Crippen molar-refractivity contribution in [1.82, 2.24) is 0 Å². The van der Waals surface area contributed by atoms with E-state index in [9.17, 15) is 0 Å². The normalized spacial score (nSPS) is 11.7. The zero-order valence-electron chi connectivity index (χ0n) is 26.2. The van der Waals surface area contributed by atoms with Gasteiger partial charge in [-0.3, -0.25) is 0 Å². The molecular weight excluding hydrogens is 713 g/mol. The van der Waals surface area contributed by atoms with Gasteiger partial charge in [0.1, 0.15) is 0 Å². The lowest BCUT2D eigenvalue weighted by Crippen LogP contribution is -1.68. The fourth-order valence-electron chi connectivity index (χ4n) is 5.69. The number of hydrogen-bond acceptors (Lipinski definition) is 8. The summed E-state index contributed by atoms with van der Waals surface area (Å²) in [6.45, 7) is 13.4. The first kappa shape index (κ1) is 30.9. The molecular formula is C38H30S8. The van der Waals surface area contributed by atoms with E-state index in [-0.39, 0.29) is 0 Å². The average Bonchev–Trinajstić information content (AvgIpc) is 3.85. The Bertz CT molecular complexity index is 2180. The Morgan fingerprint density at radius 1 is 0.261 bits per heavy atom. The quantitative estimate of drug-likeness (QED) is 0.153. The second-order valence-electron chi connectivity index (χ2n) is 11.6. The van der Waals surface area contributed by atoms with Crippen molar-refractivity contribution in [3.8, 4) is 68.3 Å². The maximum absolute atomic E-state index is 2.38. The van der Waals surface area contributed by atoms with Crippen molar-refractivity contribution >= 4 is 90.7 Å². The lowest BCUT2D eigenvalue weighted by Gasteiger charge is -1.94. The molecule has 0 saturated heterocycles. The van der Waals surface area contributed by atoms with Crippen LogP contribution in [-0.4, -0.2) is 0 Å². The molecule has 8 aromatic rings. The molecule has 0 atom stereocenters. The summed E-state index contributed by atoms with van der Waals surface area (Å²) in [5.41, 5.74) is 5.48. The van der Waals surface area contributed by atoms with Crippen molar-refractivity contribution in [2.24, 2.45) is 0 Å². The van der Waals surface area contributed by atoms with Crippen molar-refractivity contribution in [3.05, 3.63) is 105 Å². The molecule has 8 heterocycles. The van der Waals surface area contributed by atoms with Crippen molar-refractivity contribution < 1.29 is 0 Å². The van der Waals surface area contributed by atoms with E-state index in [1.165, 1.54) is 100 Å². The molecule has 0 fully saturated rings. The SMILES string of the molecule is Cc1ccc(-c2sc(-c3sc(-c4ccc(-c5ccc(-c6cc(C)c(-c7cc(C)c(-c8ccc(C)s8)s7)s6)s5)s4)cc3C)cc2C)s1. The molecule has 8 aromatic heterocycles. The molecule has 0 aliphatic carbocycles. The first-order valence-corrected chi connectivity index (χ1v) is 21.5. The predicted molar refractivity (Wildman–Crippen MR) is 216 cm³/mol. The van der Waals surface area contributed by atoms with Crippen LogP contribution in [0.5, 0.6) is 0 Å². The molecule has 230 valence electrons. The molecule has 0 N–H and O–H groups in total. The summed E-state index contributed by atoms with van der Waals surface area (Å²) in [6, 6.07) is 27.8. The fraction of sp³-hybridized carbons (Fsp3) is 0.158. The minimum Gasteiger partial charge on any atom is -0.140 e. The smallest absolute Gasteiger partial charge is 0.0479 e. The highest BCUT2D eigenvalue weighted by molar-refractivity contribution is 7.31. The van der Waals surface area contributed by atoms with Gasteiger partial charge in [0.2, 0.25) is 0 Å². The summed E-state index contributed by atoms with van der Waals surface area (Å²) in [5.74, 6) is 0. The van der Waals surface area contributed by atoms with Gasteiger partial charge < -0.3 is 0 Å². The third-order valence-corrected chi connectivity index (χ3v) is 18.4. The minimum atomic E-state index is 1.35. The molecule has 0 unspecified atom stereocenters. The van der Waals surface area contributed by atoms with E-state index in [0.29, 0.717) is 0 Å². The standard InChI is InChI=1S/C38H30S8/c1-19-15-31(43-37(19)33-17-21(3)35(45-33)29-9-7-23(5)39-29)27-13-11-25(41-27)26-12-14-28(42-26)32-16-20(2)38(44-32)34-18-22(4)36(46-34)30-10-8-24(6)40-30/h7-18H,1-6H3. The number of aryl methyl sites for hydroxylation is 6. The highest BCUT2D eigenvalue weighted by Gasteiger charge is 2.19. The van der Waals surface area contributed by atoms with Crippen molar-refractivity contribution in [2.45, 2.75) is 41.5 Å². The zero-order valence-corrected chi connectivity index (χ0v) is 32.7. The Balaban J connectivity index is 1.04. The summed E-state index contributed by atoms with van der Waals surface area (Å²) in [4.78, 5) is 22.0. The van der Waals surface area contributed by atoms with Crippen LogP contribution >= 0.6 is 90.7 Å². The predicted octanol–water partition coefficient (Wildman–Crippen LogP) is 15.7. The maximum atomic E-state index is 2.38. The van der Waals surface area contributed by atoms with Gasteiger partial charge in [0, 0.05) is 78.0 Å². The lowest BCUT2D eigenvalue weighted by molar-refractivity contribution is 1.53. The van der Waals surface area contributed by atoms with E-state index in [1.807, 2.05) is 90.7 Å². The molecule has 0 radical (unpaired) electrons. The molecule has 0 bridgehead atoms. The maximum Gasteiger partial charge on any atom is 0.0479 e. The monoisotopic (exact) mass is 742 g/mol. The lowest BCUT2D eigenvalue weighted by atomic mass is 10.2. The van der Waals surface area contributed by atoms with Crippen LogP contribution in [0.1, 0.15) is 32.0 Å². The van der Waals surface area contributed by atoms with Crippen LogP contribution in [0, 0.1) is 41.5 Å². The van der Waals surface area contributed by atoms with E-state index >= 15 is 0 Å². The van der Waals surface area contributed by atoms with Crippen molar-refractivity contribution in [2.75, 3.05) is 0 Å². The summed E-state index contributed by atoms with van der Waals surface area (Å²) in [7, 11) is 0. The molecule has 0 aliphatic rings. The first-order chi connectivity index (χ1) is 22.2. The number of hydrogen-bond donors (Lipinski definition) is 0. The minimum absolute atomic E-state index is 1.35. The Morgan fingerprint density at radius 2 is 0.543 bits per heavy atom. The van der Waals surface area contributed by atoms with E-state index < -0.39 is 0 Å². The highest BCUT2D eigenvalue weighted by atomic mass is 32.1. The summed E-state index contributed by atoms with van der Waals surface area (Å²) in [5, 5.41) is 0. The van der Waals surface area contributed by atoms with Gasteiger partial charge in [0.05, 0.1) is 0 Å². The van der Waals surface area contributed by atoms with Crippen LogP contribution < -0.4 is 0 Å². The fourth-order valence-corrected chi connectivity index (χ4v) is 15.1. The number of thiophene rings is 8. The van der Waals surface area contributed by atoms with Gasteiger partial charge in [-0.2, -0.15) is 0 Å². The van der Waals surface area contributed by atoms with E-state index in [2.05, 4.69) is 114 Å². The Labute approximate surface area is 302 Å². The summed E-state index contributed by atoms with van der Waals surface area (Å²) in [6.07, 6.45) is 0. The van der Waals surface area contributed by atoms with Crippen molar-refractivity contribution in [1.29, 1.82) is 0 Å². The third-order valence-electron chi connectivity index (χ3n) is 7.99. The molecule has 0 aromatic carbocycles. The van der Waals surface area contributed by atoms with Crippen LogP contribution in [-0.2, 0) is 0 Å². The third kappa shape index (κ3) is 5.71. The van der Waals surface area contributed by atoms with Gasteiger partial charge in [-0.05, 0) is 137 Å². The first-order valence-electron chi connectivity index (χ1n) is 15.0. The second kappa shape index (κ2) is 12.2. The molecule has 0 amide bonds. The van der Waals surface area contributed by atoms with Gasteiger partial charge in [0.15, 0.2) is 0 Å². The van der Waals surface area contributed by atoms with Gasteiger partial charge in [-0.1, -0.05) is 0 Å². The van der Waals surface area contributed by atoms with Crippen LogP contribution in [0.3, 0.4) is 0 Å². The Hall–Kier alpha value is -2.40. The van der Waals surface area contributed by atoms with Crippen LogP contribution in [0.2, 0.25) is 0 Å². The van der Waals surface area contributed by atoms with Crippen LogP contribution in [0.25, 0.3) is 68.3 Å². The highest BCUT2D eigenvalue weighted by Crippen LogP contribution is 2.50. The zero-order chi connectivity index (χ0) is 31.7. The summed E-state index contributed by atoms with van der Waals surface area (Å²) >= 11 is 15.3. The molecule has 0 spiro atoms. The second-order valence-corrected chi connectivity index (χ2v) is 20.6. The molecule has 8 rings (SSSR count). The van der Waals surface area contributed by atoms with Gasteiger partial charge in [0.25, 0.3) is 0 Å². The Kier molecular flexibility index (Phi) is 8.22. The molecule has 0 nitrogen and oxygen atoms in total. The largest absolute Gasteiger partial charge is 0.140 e.